The molecule has 1 saturated heterocycles. The van der Waals surface area contributed by atoms with E-state index in [1.165, 1.54) is 37.9 Å². The molecule has 3 rings (SSSR count). The topological polar surface area (TPSA) is 51.0 Å². The first-order chi connectivity index (χ1) is 12.6. The lowest BCUT2D eigenvalue weighted by Crippen LogP contribution is -2.43. The third kappa shape index (κ3) is 3.94. The Kier molecular flexibility index (Phi) is 6.01. The minimum absolute atomic E-state index is 0.168. The van der Waals surface area contributed by atoms with Crippen LogP contribution >= 0.6 is 0 Å². The van der Waals surface area contributed by atoms with Crippen LogP contribution in [0.4, 0.5) is 10.3 Å². The fourth-order valence-electron chi connectivity index (χ4n) is 3.70. The second kappa shape index (κ2) is 8.43. The number of pyridine rings is 1. The molecule has 1 aliphatic heterocycles. The Morgan fingerprint density at radius 1 is 1.31 bits per heavy atom. The maximum absolute atomic E-state index is 14.1. The molecule has 2 aromatic heterocycles. The van der Waals surface area contributed by atoms with Gasteiger partial charge in [-0.15, -0.1) is 0 Å². The van der Waals surface area contributed by atoms with E-state index in [0.29, 0.717) is 23.2 Å². The van der Waals surface area contributed by atoms with Crippen LogP contribution < -0.4 is 10.5 Å². The molecule has 2 aromatic rings. The lowest BCUT2D eigenvalue weighted by molar-refractivity contribution is 0.413. The Hall–Kier alpha value is -2.24. The number of nitrogens with zero attached hydrogens (tertiary/aromatic N) is 4. The normalized spacial score (nSPS) is 17.5. The Bertz CT molecular complexity index is 805. The molecular formula is C20H27FN4O. The predicted octanol–water partition coefficient (Wildman–Crippen LogP) is 3.92. The number of halogens is 1. The molecule has 0 aliphatic carbocycles. The summed E-state index contributed by atoms with van der Waals surface area (Å²) in [4.78, 5) is 23.2. The number of anilines is 1. The summed E-state index contributed by atoms with van der Waals surface area (Å²) in [5.41, 5.74) is 0.526. The maximum Gasteiger partial charge on any atom is 0.255 e. The van der Waals surface area contributed by atoms with Gasteiger partial charge in [0.1, 0.15) is 0 Å². The highest BCUT2D eigenvalue weighted by Gasteiger charge is 2.26. The smallest absolute Gasteiger partial charge is 0.255 e. The van der Waals surface area contributed by atoms with E-state index in [0.717, 1.165) is 32.0 Å². The maximum atomic E-state index is 14.1. The summed E-state index contributed by atoms with van der Waals surface area (Å²) in [7, 11) is 1.75. The van der Waals surface area contributed by atoms with E-state index in [4.69, 9.17) is 0 Å². The van der Waals surface area contributed by atoms with Crippen LogP contribution in [0.2, 0.25) is 0 Å². The van der Waals surface area contributed by atoms with Gasteiger partial charge in [-0.3, -0.25) is 14.3 Å². The number of hydrogen-bond acceptors (Lipinski definition) is 4. The van der Waals surface area contributed by atoms with Crippen molar-refractivity contribution in [2.75, 3.05) is 11.4 Å². The quantitative estimate of drug-likeness (QED) is 0.735. The zero-order chi connectivity index (χ0) is 18.5. The highest BCUT2D eigenvalue weighted by molar-refractivity contribution is 5.60. The first-order valence-electron chi connectivity index (χ1n) is 9.56. The van der Waals surface area contributed by atoms with E-state index in [2.05, 4.69) is 21.8 Å². The van der Waals surface area contributed by atoms with Gasteiger partial charge in [-0.25, -0.2) is 9.37 Å². The van der Waals surface area contributed by atoms with Crippen molar-refractivity contribution in [3.8, 4) is 11.3 Å². The van der Waals surface area contributed by atoms with Gasteiger partial charge in [-0.05, 0) is 31.7 Å². The van der Waals surface area contributed by atoms with Crippen molar-refractivity contribution < 1.29 is 4.39 Å². The third-order valence-electron chi connectivity index (χ3n) is 5.18. The largest absolute Gasteiger partial charge is 0.339 e. The van der Waals surface area contributed by atoms with E-state index in [1.54, 1.807) is 17.7 Å². The fraction of sp³-hybridized carbons (Fsp3) is 0.550. The van der Waals surface area contributed by atoms with E-state index >= 15 is 0 Å². The molecule has 140 valence electrons. The Morgan fingerprint density at radius 2 is 2.15 bits per heavy atom. The molecule has 5 nitrogen and oxygen atoms in total. The van der Waals surface area contributed by atoms with Gasteiger partial charge in [0.15, 0.2) is 5.82 Å². The molecule has 0 unspecified atom stereocenters. The van der Waals surface area contributed by atoms with Gasteiger partial charge in [0, 0.05) is 37.5 Å². The first kappa shape index (κ1) is 18.5. The zero-order valence-electron chi connectivity index (χ0n) is 15.6. The van der Waals surface area contributed by atoms with Crippen molar-refractivity contribution in [1.82, 2.24) is 14.5 Å². The van der Waals surface area contributed by atoms with Crippen molar-refractivity contribution in [2.45, 2.75) is 57.9 Å². The van der Waals surface area contributed by atoms with Crippen molar-refractivity contribution in [1.29, 1.82) is 0 Å². The molecule has 0 spiro atoms. The summed E-state index contributed by atoms with van der Waals surface area (Å²) in [5, 5.41) is 0. The molecule has 0 N–H and O–H groups in total. The summed E-state index contributed by atoms with van der Waals surface area (Å²) in [6.45, 7) is 3.09. The van der Waals surface area contributed by atoms with Crippen LogP contribution in [0.3, 0.4) is 0 Å². The standard InChI is InChI=1S/C20H27FN4O/c1-3-4-5-8-15-9-6-7-12-25(15)20-23-18(13-19(26)24(20)2)16-10-11-22-14-17(16)21/h10-11,13-15H,3-9,12H2,1-2H3/t15-/m1/s1. The molecule has 26 heavy (non-hydrogen) atoms. The monoisotopic (exact) mass is 358 g/mol. The van der Waals surface area contributed by atoms with Crippen LogP contribution in [0.15, 0.2) is 29.3 Å². The van der Waals surface area contributed by atoms with Crippen LogP contribution in [0.5, 0.6) is 0 Å². The van der Waals surface area contributed by atoms with E-state index < -0.39 is 5.82 Å². The van der Waals surface area contributed by atoms with Crippen molar-refractivity contribution >= 4 is 5.95 Å². The van der Waals surface area contributed by atoms with E-state index in [1.807, 2.05) is 0 Å². The Balaban J connectivity index is 1.97. The molecule has 1 atom stereocenters. The summed E-state index contributed by atoms with van der Waals surface area (Å²) < 4.78 is 15.7. The second-order valence-electron chi connectivity index (χ2n) is 7.03. The highest BCUT2D eigenvalue weighted by atomic mass is 19.1. The summed E-state index contributed by atoms with van der Waals surface area (Å²) in [5.74, 6) is 0.183. The zero-order valence-corrected chi connectivity index (χ0v) is 15.6. The number of rotatable bonds is 6. The van der Waals surface area contributed by atoms with Crippen molar-refractivity contribution in [3.63, 3.8) is 0 Å². The molecule has 3 heterocycles. The van der Waals surface area contributed by atoms with E-state index in [9.17, 15) is 9.18 Å². The Morgan fingerprint density at radius 3 is 2.92 bits per heavy atom. The fourth-order valence-corrected chi connectivity index (χ4v) is 3.70. The van der Waals surface area contributed by atoms with Gasteiger partial charge >= 0.3 is 0 Å². The molecule has 0 radical (unpaired) electrons. The lowest BCUT2D eigenvalue weighted by Gasteiger charge is -2.37. The molecule has 0 saturated carbocycles. The first-order valence-corrected chi connectivity index (χ1v) is 9.56. The number of piperidine rings is 1. The van der Waals surface area contributed by atoms with Crippen LogP contribution in [0, 0.1) is 5.82 Å². The SMILES string of the molecule is CCCCC[C@@H]1CCCCN1c1nc(-c2ccncc2F)cc(=O)n1C. The minimum atomic E-state index is -0.461. The van der Waals surface area contributed by atoms with Crippen LogP contribution in [0.25, 0.3) is 11.3 Å². The number of hydrogen-bond donors (Lipinski definition) is 0. The van der Waals surface area contributed by atoms with Gasteiger partial charge in [0.05, 0.1) is 11.9 Å². The average Bonchev–Trinajstić information content (AvgIpc) is 2.65. The van der Waals surface area contributed by atoms with Crippen molar-refractivity contribution in [3.05, 3.63) is 40.7 Å². The van der Waals surface area contributed by atoms with Gasteiger partial charge in [0.2, 0.25) is 5.95 Å². The van der Waals surface area contributed by atoms with Gasteiger partial charge in [-0.2, -0.15) is 0 Å². The molecule has 0 amide bonds. The molecule has 0 aromatic carbocycles. The van der Waals surface area contributed by atoms with Crippen LogP contribution in [0.1, 0.15) is 51.9 Å². The molecular weight excluding hydrogens is 331 g/mol. The Labute approximate surface area is 153 Å². The second-order valence-corrected chi connectivity index (χ2v) is 7.03. The predicted molar refractivity (Wildman–Crippen MR) is 102 cm³/mol. The van der Waals surface area contributed by atoms with Crippen molar-refractivity contribution in [2.24, 2.45) is 7.05 Å². The van der Waals surface area contributed by atoms with E-state index in [-0.39, 0.29) is 5.56 Å². The van der Waals surface area contributed by atoms with Gasteiger partial charge in [0.25, 0.3) is 5.56 Å². The molecule has 1 fully saturated rings. The summed E-state index contributed by atoms with van der Waals surface area (Å²) in [6, 6.07) is 3.36. The number of aromatic nitrogens is 3. The molecule has 0 bridgehead atoms. The molecule has 1 aliphatic rings. The van der Waals surface area contributed by atoms with Gasteiger partial charge in [-0.1, -0.05) is 26.2 Å². The lowest BCUT2D eigenvalue weighted by atomic mass is 9.97. The summed E-state index contributed by atoms with van der Waals surface area (Å²) in [6.07, 6.45) is 10.8. The average molecular weight is 358 g/mol. The molecule has 6 heteroatoms. The highest BCUT2D eigenvalue weighted by Crippen LogP contribution is 2.28. The van der Waals surface area contributed by atoms with Crippen LogP contribution in [-0.4, -0.2) is 27.1 Å². The van der Waals surface area contributed by atoms with Crippen LogP contribution in [-0.2, 0) is 7.05 Å². The number of unbranched alkanes of at least 4 members (excludes halogenated alkanes) is 2. The minimum Gasteiger partial charge on any atom is -0.339 e. The van der Waals surface area contributed by atoms with Gasteiger partial charge < -0.3 is 4.90 Å². The summed E-state index contributed by atoms with van der Waals surface area (Å²) >= 11 is 0. The third-order valence-corrected chi connectivity index (χ3v) is 5.18.